The lowest BCUT2D eigenvalue weighted by atomic mass is 9.87. The molecule has 0 amide bonds. The quantitative estimate of drug-likeness (QED) is 0.652. The third-order valence-electron chi connectivity index (χ3n) is 4.93. The van der Waals surface area contributed by atoms with Crippen molar-refractivity contribution in [2.24, 2.45) is 0 Å². The minimum Gasteiger partial charge on any atom is -0.276 e. The molecule has 0 aliphatic heterocycles. The van der Waals surface area contributed by atoms with Gasteiger partial charge in [-0.2, -0.15) is 5.10 Å². The van der Waals surface area contributed by atoms with Crippen LogP contribution in [0.15, 0.2) is 53.4 Å². The third-order valence-corrected chi connectivity index (χ3v) is 6.29. The molecule has 0 aliphatic carbocycles. The van der Waals surface area contributed by atoms with E-state index < -0.39 is 10.0 Å². The number of hydrogen-bond acceptors (Lipinski definition) is 3. The van der Waals surface area contributed by atoms with Gasteiger partial charge >= 0.3 is 0 Å². The number of anilines is 1. The van der Waals surface area contributed by atoms with Crippen LogP contribution in [0.4, 0.5) is 10.1 Å². The molecular weight excluding hydrogens is 389 g/mol. The van der Waals surface area contributed by atoms with Gasteiger partial charge in [0, 0.05) is 5.56 Å². The zero-order valence-electron chi connectivity index (χ0n) is 17.3. The molecular formula is C22H26FN3O2S. The highest BCUT2D eigenvalue weighted by Gasteiger charge is 2.21. The van der Waals surface area contributed by atoms with Gasteiger partial charge in [-0.25, -0.2) is 12.8 Å². The monoisotopic (exact) mass is 415 g/mol. The maximum atomic E-state index is 14.0. The Morgan fingerprint density at radius 1 is 1.03 bits per heavy atom. The number of aromatic nitrogens is 2. The van der Waals surface area contributed by atoms with E-state index in [2.05, 4.69) is 30.6 Å². The average Bonchev–Trinajstić information content (AvgIpc) is 2.90. The molecule has 0 aliphatic rings. The topological polar surface area (TPSA) is 64.0 Å². The van der Waals surface area contributed by atoms with E-state index in [-0.39, 0.29) is 22.7 Å². The van der Waals surface area contributed by atoms with Crippen molar-refractivity contribution in [3.63, 3.8) is 0 Å². The molecule has 1 N–H and O–H groups in total. The van der Waals surface area contributed by atoms with Crippen LogP contribution in [0.2, 0.25) is 0 Å². The number of halogens is 1. The van der Waals surface area contributed by atoms with Gasteiger partial charge in [0.25, 0.3) is 10.0 Å². The van der Waals surface area contributed by atoms with E-state index in [1.165, 1.54) is 6.07 Å². The van der Waals surface area contributed by atoms with E-state index in [1.54, 1.807) is 48.9 Å². The SMILES string of the molecule is Cc1nn(Cc2ccccc2F)c(C)c1NS(=O)(=O)c1ccc(C(C)(C)C)cc1. The van der Waals surface area contributed by atoms with Crippen molar-refractivity contribution in [2.75, 3.05) is 4.72 Å². The zero-order valence-corrected chi connectivity index (χ0v) is 18.1. The van der Waals surface area contributed by atoms with Crippen molar-refractivity contribution < 1.29 is 12.8 Å². The maximum absolute atomic E-state index is 14.0. The Kier molecular flexibility index (Phi) is 5.54. The fraction of sp³-hybridized carbons (Fsp3) is 0.318. The van der Waals surface area contributed by atoms with Crippen LogP contribution >= 0.6 is 0 Å². The largest absolute Gasteiger partial charge is 0.276 e. The molecule has 0 unspecified atom stereocenters. The second-order valence-corrected chi connectivity index (χ2v) is 9.86. The average molecular weight is 416 g/mol. The smallest absolute Gasteiger partial charge is 0.262 e. The normalized spacial score (nSPS) is 12.2. The predicted octanol–water partition coefficient (Wildman–Crippen LogP) is 4.79. The Balaban J connectivity index is 1.88. The van der Waals surface area contributed by atoms with Gasteiger partial charge in [0.15, 0.2) is 0 Å². The number of nitrogens with zero attached hydrogens (tertiary/aromatic N) is 2. The molecule has 2 aromatic carbocycles. The molecule has 154 valence electrons. The molecule has 0 saturated carbocycles. The van der Waals surface area contributed by atoms with Crippen LogP contribution in [-0.2, 0) is 22.0 Å². The fourth-order valence-electron chi connectivity index (χ4n) is 3.11. The molecule has 0 radical (unpaired) electrons. The minimum atomic E-state index is -3.77. The van der Waals surface area contributed by atoms with Crippen molar-refractivity contribution >= 4 is 15.7 Å². The summed E-state index contributed by atoms with van der Waals surface area (Å²) in [5.74, 6) is -0.318. The van der Waals surface area contributed by atoms with E-state index in [1.807, 2.05) is 12.1 Å². The molecule has 1 heterocycles. The Morgan fingerprint density at radius 3 is 2.24 bits per heavy atom. The van der Waals surface area contributed by atoms with Gasteiger partial charge in [-0.05, 0) is 43.0 Å². The summed E-state index contributed by atoms with van der Waals surface area (Å²) in [7, 11) is -3.77. The molecule has 0 spiro atoms. The first-order valence-corrected chi connectivity index (χ1v) is 10.9. The number of rotatable bonds is 5. The van der Waals surface area contributed by atoms with E-state index in [9.17, 15) is 12.8 Å². The summed E-state index contributed by atoms with van der Waals surface area (Å²) < 4.78 is 44.0. The molecule has 0 bridgehead atoms. The summed E-state index contributed by atoms with van der Waals surface area (Å²) in [6.07, 6.45) is 0. The van der Waals surface area contributed by atoms with Gasteiger partial charge in [-0.3, -0.25) is 9.40 Å². The molecule has 0 atom stereocenters. The van der Waals surface area contributed by atoms with Crippen molar-refractivity contribution in [1.82, 2.24) is 9.78 Å². The second-order valence-electron chi connectivity index (χ2n) is 8.17. The lowest BCUT2D eigenvalue weighted by Gasteiger charge is -2.19. The van der Waals surface area contributed by atoms with Crippen LogP contribution in [-0.4, -0.2) is 18.2 Å². The number of benzene rings is 2. The van der Waals surface area contributed by atoms with Gasteiger partial charge in [0.1, 0.15) is 5.82 Å². The van der Waals surface area contributed by atoms with E-state index in [0.29, 0.717) is 22.6 Å². The molecule has 7 heteroatoms. The first-order chi connectivity index (χ1) is 13.5. The lowest BCUT2D eigenvalue weighted by Crippen LogP contribution is -2.16. The first kappa shape index (κ1) is 21.0. The first-order valence-electron chi connectivity index (χ1n) is 9.40. The van der Waals surface area contributed by atoms with Crippen LogP contribution in [0.3, 0.4) is 0 Å². The van der Waals surface area contributed by atoms with E-state index in [4.69, 9.17) is 0 Å². The van der Waals surface area contributed by atoms with Gasteiger partial charge in [-0.15, -0.1) is 0 Å². The van der Waals surface area contributed by atoms with Crippen LogP contribution < -0.4 is 4.72 Å². The second kappa shape index (κ2) is 7.63. The van der Waals surface area contributed by atoms with Gasteiger partial charge < -0.3 is 0 Å². The number of sulfonamides is 1. The predicted molar refractivity (Wildman–Crippen MR) is 113 cm³/mol. The van der Waals surface area contributed by atoms with E-state index >= 15 is 0 Å². The van der Waals surface area contributed by atoms with Gasteiger partial charge in [-0.1, -0.05) is 51.1 Å². The van der Waals surface area contributed by atoms with Gasteiger partial charge in [0.05, 0.1) is 28.5 Å². The van der Waals surface area contributed by atoms with Crippen LogP contribution in [0.5, 0.6) is 0 Å². The van der Waals surface area contributed by atoms with Crippen molar-refractivity contribution in [1.29, 1.82) is 0 Å². The summed E-state index contributed by atoms with van der Waals surface area (Å²) in [6, 6.07) is 13.3. The molecule has 0 fully saturated rings. The number of hydrogen-bond donors (Lipinski definition) is 1. The fourth-order valence-corrected chi connectivity index (χ4v) is 4.29. The maximum Gasteiger partial charge on any atom is 0.262 e. The summed E-state index contributed by atoms with van der Waals surface area (Å²) in [5.41, 5.74) is 3.07. The molecule has 1 aromatic heterocycles. The van der Waals surface area contributed by atoms with E-state index in [0.717, 1.165) is 5.56 Å². The highest BCUT2D eigenvalue weighted by Crippen LogP contribution is 2.27. The zero-order chi connectivity index (χ0) is 21.4. The Hall–Kier alpha value is -2.67. The molecule has 3 aromatic rings. The standard InChI is InChI=1S/C22H26FN3O2S/c1-15-21(16(2)26(24-15)14-17-8-6-7-9-20(17)23)25-29(27,28)19-12-10-18(11-13-19)22(3,4)5/h6-13,25H,14H2,1-5H3. The molecule has 3 rings (SSSR count). The van der Waals surface area contributed by atoms with Crippen molar-refractivity contribution in [3.8, 4) is 0 Å². The summed E-state index contributed by atoms with van der Waals surface area (Å²) in [6.45, 7) is 9.94. The van der Waals surface area contributed by atoms with Crippen LogP contribution in [0, 0.1) is 19.7 Å². The Bertz CT molecular complexity index is 1130. The molecule has 29 heavy (non-hydrogen) atoms. The molecule has 5 nitrogen and oxygen atoms in total. The molecule has 0 saturated heterocycles. The number of nitrogens with one attached hydrogen (secondary N) is 1. The van der Waals surface area contributed by atoms with Crippen LogP contribution in [0.25, 0.3) is 0 Å². The third kappa shape index (κ3) is 4.50. The number of aryl methyl sites for hydroxylation is 1. The Labute approximate surface area is 171 Å². The Morgan fingerprint density at radius 2 is 1.66 bits per heavy atom. The van der Waals surface area contributed by atoms with Crippen molar-refractivity contribution in [3.05, 3.63) is 76.9 Å². The lowest BCUT2D eigenvalue weighted by molar-refractivity contribution is 0.579. The highest BCUT2D eigenvalue weighted by molar-refractivity contribution is 7.92. The van der Waals surface area contributed by atoms with Crippen LogP contribution in [0.1, 0.15) is 43.3 Å². The van der Waals surface area contributed by atoms with Crippen molar-refractivity contribution in [2.45, 2.75) is 51.5 Å². The van der Waals surface area contributed by atoms with Gasteiger partial charge in [0.2, 0.25) is 0 Å². The summed E-state index contributed by atoms with van der Waals surface area (Å²) in [4.78, 5) is 0.186. The summed E-state index contributed by atoms with van der Waals surface area (Å²) in [5, 5.41) is 4.39. The summed E-state index contributed by atoms with van der Waals surface area (Å²) >= 11 is 0. The minimum absolute atomic E-state index is 0.0588. The highest BCUT2D eigenvalue weighted by atomic mass is 32.2.